The zero-order chi connectivity index (χ0) is 11.8. The average molecular weight is 223 g/mol. The van der Waals surface area contributed by atoms with Gasteiger partial charge in [-0.25, -0.2) is 0 Å². The lowest BCUT2D eigenvalue weighted by atomic mass is 9.98. The van der Waals surface area contributed by atoms with Crippen LogP contribution >= 0.6 is 0 Å². The summed E-state index contributed by atoms with van der Waals surface area (Å²) in [4.78, 5) is 0. The standard InChI is InChI=1S/C16H17N/c1-3-17-14-10-7-5-9-13(14)16-12(2)8-4-6-11-15(16)17/h4-12H,3H2,1-2H3. The number of fused-ring (bicyclic) bond motifs is 3. The van der Waals surface area contributed by atoms with E-state index >= 15 is 0 Å². The Kier molecular flexibility index (Phi) is 2.40. The molecule has 1 atom stereocenters. The molecule has 1 aliphatic carbocycles. The molecule has 0 N–H and O–H groups in total. The summed E-state index contributed by atoms with van der Waals surface area (Å²) >= 11 is 0. The molecule has 0 radical (unpaired) electrons. The molecule has 1 heteroatoms. The molecule has 86 valence electrons. The zero-order valence-corrected chi connectivity index (χ0v) is 10.4. The molecule has 1 aromatic heterocycles. The molecular formula is C16H17N. The van der Waals surface area contributed by atoms with E-state index in [9.17, 15) is 0 Å². The lowest BCUT2D eigenvalue weighted by molar-refractivity contribution is 0.780. The number of hydrogen-bond acceptors (Lipinski definition) is 0. The fourth-order valence-corrected chi connectivity index (χ4v) is 2.82. The predicted molar refractivity (Wildman–Crippen MR) is 74.2 cm³/mol. The van der Waals surface area contributed by atoms with Crippen LogP contribution in [0.2, 0.25) is 0 Å². The fourth-order valence-electron chi connectivity index (χ4n) is 2.82. The lowest BCUT2D eigenvalue weighted by Gasteiger charge is -2.07. The van der Waals surface area contributed by atoms with Crippen LogP contribution in [0.15, 0.2) is 42.5 Å². The van der Waals surface area contributed by atoms with E-state index in [2.05, 4.69) is 67.0 Å². The van der Waals surface area contributed by atoms with E-state index in [1.165, 1.54) is 22.2 Å². The molecule has 0 saturated carbocycles. The Morgan fingerprint density at radius 3 is 2.82 bits per heavy atom. The SMILES string of the molecule is CCn1c2c(c3ccccc31)C(C)C=CC=C2. The normalized spacial score (nSPS) is 18.4. The fraction of sp³-hybridized carbons (Fsp3) is 0.250. The second kappa shape index (κ2) is 3.92. The van der Waals surface area contributed by atoms with Crippen molar-refractivity contribution >= 4 is 17.0 Å². The molecule has 1 aromatic carbocycles. The van der Waals surface area contributed by atoms with Gasteiger partial charge in [-0.05, 0) is 24.6 Å². The van der Waals surface area contributed by atoms with Gasteiger partial charge in [0, 0.05) is 29.1 Å². The second-order valence-electron chi connectivity index (χ2n) is 4.59. The van der Waals surface area contributed by atoms with E-state index in [1.54, 1.807) is 0 Å². The Labute approximate surface area is 102 Å². The van der Waals surface area contributed by atoms with Crippen LogP contribution in [0.3, 0.4) is 0 Å². The van der Waals surface area contributed by atoms with Gasteiger partial charge < -0.3 is 4.57 Å². The first-order valence-corrected chi connectivity index (χ1v) is 6.29. The van der Waals surface area contributed by atoms with E-state index < -0.39 is 0 Å². The van der Waals surface area contributed by atoms with Gasteiger partial charge in [0.05, 0.1) is 0 Å². The summed E-state index contributed by atoms with van der Waals surface area (Å²) in [7, 11) is 0. The molecule has 0 fully saturated rings. The predicted octanol–water partition coefficient (Wildman–Crippen LogP) is 4.35. The monoisotopic (exact) mass is 223 g/mol. The van der Waals surface area contributed by atoms with E-state index in [4.69, 9.17) is 0 Å². The molecule has 0 bridgehead atoms. The van der Waals surface area contributed by atoms with E-state index in [1.807, 2.05) is 0 Å². The summed E-state index contributed by atoms with van der Waals surface area (Å²) in [5.41, 5.74) is 4.19. The maximum Gasteiger partial charge on any atom is 0.0488 e. The van der Waals surface area contributed by atoms with Crippen LogP contribution < -0.4 is 0 Å². The van der Waals surface area contributed by atoms with Gasteiger partial charge in [-0.2, -0.15) is 0 Å². The first-order chi connectivity index (χ1) is 8.33. The number of nitrogens with zero attached hydrogens (tertiary/aromatic N) is 1. The van der Waals surface area contributed by atoms with Crippen molar-refractivity contribution in [2.45, 2.75) is 26.3 Å². The number of hydrogen-bond donors (Lipinski definition) is 0. The van der Waals surface area contributed by atoms with Crippen molar-refractivity contribution in [2.75, 3.05) is 0 Å². The van der Waals surface area contributed by atoms with Crippen molar-refractivity contribution in [3.8, 4) is 0 Å². The zero-order valence-electron chi connectivity index (χ0n) is 10.4. The Hall–Kier alpha value is -1.76. The smallest absolute Gasteiger partial charge is 0.0488 e. The maximum atomic E-state index is 2.41. The minimum absolute atomic E-state index is 0.484. The number of para-hydroxylation sites is 1. The topological polar surface area (TPSA) is 4.93 Å². The van der Waals surface area contributed by atoms with Crippen molar-refractivity contribution in [1.82, 2.24) is 4.57 Å². The third kappa shape index (κ3) is 1.46. The summed E-state index contributed by atoms with van der Waals surface area (Å²) in [6, 6.07) is 8.72. The second-order valence-corrected chi connectivity index (χ2v) is 4.59. The maximum absolute atomic E-state index is 2.41. The highest BCUT2D eigenvalue weighted by Crippen LogP contribution is 2.34. The number of benzene rings is 1. The van der Waals surface area contributed by atoms with E-state index in [0.717, 1.165) is 6.54 Å². The summed E-state index contributed by atoms with van der Waals surface area (Å²) in [6.45, 7) is 5.51. The highest BCUT2D eigenvalue weighted by atomic mass is 15.0. The van der Waals surface area contributed by atoms with Gasteiger partial charge in [0.25, 0.3) is 0 Å². The van der Waals surface area contributed by atoms with Crippen LogP contribution in [0.1, 0.15) is 31.0 Å². The largest absolute Gasteiger partial charge is 0.341 e. The van der Waals surface area contributed by atoms with Crippen molar-refractivity contribution in [3.05, 3.63) is 53.8 Å². The Morgan fingerprint density at radius 1 is 1.18 bits per heavy atom. The molecule has 0 amide bonds. The molecule has 1 nitrogen and oxygen atoms in total. The molecule has 0 saturated heterocycles. The minimum atomic E-state index is 0.484. The summed E-state index contributed by atoms with van der Waals surface area (Å²) in [6.07, 6.45) is 8.81. The van der Waals surface area contributed by atoms with Crippen LogP contribution in [-0.2, 0) is 6.54 Å². The van der Waals surface area contributed by atoms with Crippen LogP contribution in [0.5, 0.6) is 0 Å². The lowest BCUT2D eigenvalue weighted by Crippen LogP contribution is -1.98. The van der Waals surface area contributed by atoms with Gasteiger partial charge >= 0.3 is 0 Å². The summed E-state index contributed by atoms with van der Waals surface area (Å²) in [5.74, 6) is 0.484. The molecule has 1 aliphatic rings. The molecular weight excluding hydrogens is 206 g/mol. The van der Waals surface area contributed by atoms with Gasteiger partial charge in [-0.3, -0.25) is 0 Å². The average Bonchev–Trinajstić information content (AvgIpc) is 2.55. The molecule has 0 spiro atoms. The summed E-state index contributed by atoms with van der Waals surface area (Å²) in [5, 5.41) is 1.40. The van der Waals surface area contributed by atoms with Crippen molar-refractivity contribution in [1.29, 1.82) is 0 Å². The molecule has 2 aromatic rings. The number of allylic oxidation sites excluding steroid dienone is 3. The van der Waals surface area contributed by atoms with E-state index in [-0.39, 0.29) is 0 Å². The highest BCUT2D eigenvalue weighted by Gasteiger charge is 2.18. The first kappa shape index (κ1) is 10.4. The highest BCUT2D eigenvalue weighted by molar-refractivity contribution is 5.89. The van der Waals surface area contributed by atoms with Crippen LogP contribution in [-0.4, -0.2) is 4.57 Å². The molecule has 3 rings (SSSR count). The number of aryl methyl sites for hydroxylation is 1. The third-order valence-electron chi connectivity index (χ3n) is 3.59. The first-order valence-electron chi connectivity index (χ1n) is 6.29. The van der Waals surface area contributed by atoms with Gasteiger partial charge in [-0.1, -0.05) is 43.4 Å². The van der Waals surface area contributed by atoms with Crippen LogP contribution in [0.25, 0.3) is 17.0 Å². The Bertz CT molecular complexity index is 614. The number of aromatic nitrogens is 1. The van der Waals surface area contributed by atoms with Gasteiger partial charge in [-0.15, -0.1) is 0 Å². The van der Waals surface area contributed by atoms with Crippen molar-refractivity contribution in [2.24, 2.45) is 0 Å². The van der Waals surface area contributed by atoms with Gasteiger partial charge in [0.2, 0.25) is 0 Å². The van der Waals surface area contributed by atoms with Gasteiger partial charge in [0.1, 0.15) is 0 Å². The Balaban J connectivity index is 2.43. The van der Waals surface area contributed by atoms with Crippen molar-refractivity contribution in [3.63, 3.8) is 0 Å². The van der Waals surface area contributed by atoms with Crippen LogP contribution in [0.4, 0.5) is 0 Å². The molecule has 0 aliphatic heterocycles. The third-order valence-corrected chi connectivity index (χ3v) is 3.59. The van der Waals surface area contributed by atoms with Gasteiger partial charge in [0.15, 0.2) is 0 Å². The van der Waals surface area contributed by atoms with Crippen molar-refractivity contribution < 1.29 is 0 Å². The Morgan fingerprint density at radius 2 is 2.00 bits per heavy atom. The summed E-state index contributed by atoms with van der Waals surface area (Å²) < 4.78 is 2.41. The quantitative estimate of drug-likeness (QED) is 0.677. The van der Waals surface area contributed by atoms with Crippen LogP contribution in [0, 0.1) is 0 Å². The molecule has 1 unspecified atom stereocenters. The molecule has 1 heterocycles. The number of rotatable bonds is 1. The minimum Gasteiger partial charge on any atom is -0.341 e. The molecule has 17 heavy (non-hydrogen) atoms. The van der Waals surface area contributed by atoms with E-state index in [0.29, 0.717) is 5.92 Å².